The quantitative estimate of drug-likeness (QED) is 0.757. The molecule has 0 aromatic carbocycles. The topological polar surface area (TPSA) is 37.3 Å². The Labute approximate surface area is 82.5 Å². The van der Waals surface area contributed by atoms with Crippen molar-refractivity contribution in [1.29, 1.82) is 0 Å². The number of thiophene rings is 1. The lowest BCUT2D eigenvalue weighted by molar-refractivity contribution is 0.0702. The molecule has 1 heterocycles. The van der Waals surface area contributed by atoms with E-state index in [-0.39, 0.29) is 7.43 Å². The molecule has 1 aromatic rings. The smallest absolute Gasteiger partial charge is 0.345 e. The van der Waals surface area contributed by atoms with Gasteiger partial charge in [-0.2, -0.15) is 0 Å². The number of hydrogen-bond donors (Lipinski definition) is 1. The fourth-order valence-corrected chi connectivity index (χ4v) is 1.85. The lowest BCUT2D eigenvalue weighted by atomic mass is 10.2. The van der Waals surface area contributed by atoms with Crippen molar-refractivity contribution in [2.24, 2.45) is 0 Å². The lowest BCUT2D eigenvalue weighted by Gasteiger charge is -1.92. The largest absolute Gasteiger partial charge is 0.477 e. The Morgan fingerprint density at radius 1 is 1.62 bits per heavy atom. The third-order valence-electron chi connectivity index (χ3n) is 1.35. The average molecular weight is 198 g/mol. The summed E-state index contributed by atoms with van der Waals surface area (Å²) < 4.78 is 0. The maximum absolute atomic E-state index is 10.5. The van der Waals surface area contributed by atoms with Crippen LogP contribution in [0.25, 0.3) is 0 Å². The summed E-state index contributed by atoms with van der Waals surface area (Å²) >= 11 is 1.31. The Morgan fingerprint density at radius 2 is 2.23 bits per heavy atom. The molecule has 0 fully saturated rings. The number of allylic oxidation sites excluding steroid dienone is 1. The molecule has 0 saturated heterocycles. The van der Waals surface area contributed by atoms with Crippen molar-refractivity contribution in [2.45, 2.75) is 20.8 Å². The van der Waals surface area contributed by atoms with E-state index in [2.05, 4.69) is 6.58 Å². The molecule has 0 aliphatic carbocycles. The van der Waals surface area contributed by atoms with Crippen LogP contribution in [0.15, 0.2) is 24.3 Å². The third-order valence-corrected chi connectivity index (χ3v) is 2.42. The number of carbonyl (C=O) groups is 1. The van der Waals surface area contributed by atoms with Gasteiger partial charge < -0.3 is 5.11 Å². The Hall–Kier alpha value is -1.09. The molecule has 72 valence electrons. The summed E-state index contributed by atoms with van der Waals surface area (Å²) in [5.41, 5.74) is 1.05. The van der Waals surface area contributed by atoms with Crippen LogP contribution in [0.2, 0.25) is 0 Å². The van der Waals surface area contributed by atoms with Crippen LogP contribution in [-0.4, -0.2) is 11.1 Å². The molecule has 2 nitrogen and oxygen atoms in total. The highest BCUT2D eigenvalue weighted by atomic mass is 32.1. The van der Waals surface area contributed by atoms with Crippen LogP contribution < -0.4 is 0 Å². The zero-order valence-corrected chi connectivity index (χ0v) is 7.65. The van der Waals surface area contributed by atoms with E-state index in [4.69, 9.17) is 5.11 Å². The number of hydrogen-bond acceptors (Lipinski definition) is 2. The van der Waals surface area contributed by atoms with Crippen molar-refractivity contribution in [2.75, 3.05) is 0 Å². The molecule has 0 aliphatic rings. The summed E-state index contributed by atoms with van der Waals surface area (Å²) in [6.07, 6.45) is 0.776. The molecule has 1 aromatic heterocycles. The second kappa shape index (κ2) is 4.82. The highest BCUT2D eigenvalue weighted by Crippen LogP contribution is 2.18. The van der Waals surface area contributed by atoms with E-state index < -0.39 is 5.97 Å². The highest BCUT2D eigenvalue weighted by Gasteiger charge is 2.05. The van der Waals surface area contributed by atoms with Gasteiger partial charge in [0.1, 0.15) is 4.88 Å². The van der Waals surface area contributed by atoms with Crippen LogP contribution in [-0.2, 0) is 6.42 Å². The molecule has 0 aliphatic heterocycles. The molecule has 0 amide bonds. The fraction of sp³-hybridized carbons (Fsp3) is 0.300. The summed E-state index contributed by atoms with van der Waals surface area (Å²) in [5, 5.41) is 8.62. The summed E-state index contributed by atoms with van der Waals surface area (Å²) in [7, 11) is 0. The SMILES string of the molecule is C.C=C(C)Cc1ccc(C(=O)O)s1. The molecule has 1 rings (SSSR count). The van der Waals surface area contributed by atoms with Crippen molar-refractivity contribution in [3.8, 4) is 0 Å². The van der Waals surface area contributed by atoms with Crippen molar-refractivity contribution < 1.29 is 9.90 Å². The van der Waals surface area contributed by atoms with Gasteiger partial charge in [-0.1, -0.05) is 19.6 Å². The van der Waals surface area contributed by atoms with Crippen LogP contribution >= 0.6 is 11.3 Å². The molecule has 0 spiro atoms. The van der Waals surface area contributed by atoms with Crippen LogP contribution in [0.4, 0.5) is 0 Å². The average Bonchev–Trinajstić information content (AvgIpc) is 2.34. The first-order valence-electron chi connectivity index (χ1n) is 3.56. The maximum Gasteiger partial charge on any atom is 0.345 e. The minimum atomic E-state index is -0.854. The first kappa shape index (κ1) is 11.9. The van der Waals surface area contributed by atoms with Gasteiger partial charge in [0.25, 0.3) is 0 Å². The van der Waals surface area contributed by atoms with Crippen molar-refractivity contribution >= 4 is 17.3 Å². The number of carboxylic acid groups (broad SMARTS) is 1. The fourth-order valence-electron chi connectivity index (χ4n) is 0.885. The first-order valence-corrected chi connectivity index (χ1v) is 4.37. The Morgan fingerprint density at radius 3 is 2.62 bits per heavy atom. The third kappa shape index (κ3) is 3.42. The normalized spacial score (nSPS) is 9.00. The van der Waals surface area contributed by atoms with Gasteiger partial charge >= 0.3 is 5.97 Å². The molecule has 0 unspecified atom stereocenters. The van der Waals surface area contributed by atoms with Gasteiger partial charge in [-0.05, 0) is 19.1 Å². The maximum atomic E-state index is 10.5. The Balaban J connectivity index is 0.00000144. The van der Waals surface area contributed by atoms with Gasteiger partial charge in [-0.25, -0.2) is 4.79 Å². The molecule has 3 heteroatoms. The lowest BCUT2D eigenvalue weighted by Crippen LogP contribution is -1.89. The van der Waals surface area contributed by atoms with Gasteiger partial charge in [0, 0.05) is 11.3 Å². The standard InChI is InChI=1S/C9H10O2S.CH4/c1-6(2)5-7-3-4-8(12-7)9(10)11;/h3-4H,1,5H2,2H3,(H,10,11);1H4. The van der Waals surface area contributed by atoms with Gasteiger partial charge in [0.2, 0.25) is 0 Å². The zero-order chi connectivity index (χ0) is 9.14. The van der Waals surface area contributed by atoms with Crippen LogP contribution in [0.5, 0.6) is 0 Å². The van der Waals surface area contributed by atoms with E-state index in [1.54, 1.807) is 6.07 Å². The van der Waals surface area contributed by atoms with Gasteiger partial charge in [0.05, 0.1) is 0 Å². The molecule has 0 saturated carbocycles. The molecule has 0 bridgehead atoms. The van der Waals surface area contributed by atoms with E-state index in [1.807, 2.05) is 13.0 Å². The monoisotopic (exact) mass is 198 g/mol. The van der Waals surface area contributed by atoms with Gasteiger partial charge in [0.15, 0.2) is 0 Å². The summed E-state index contributed by atoms with van der Waals surface area (Å²) in [6.45, 7) is 5.69. The number of aromatic carboxylic acids is 1. The molecule has 13 heavy (non-hydrogen) atoms. The highest BCUT2D eigenvalue weighted by molar-refractivity contribution is 7.13. The van der Waals surface area contributed by atoms with Crippen molar-refractivity contribution in [3.05, 3.63) is 34.0 Å². The number of carboxylic acids is 1. The summed E-state index contributed by atoms with van der Waals surface area (Å²) in [6, 6.07) is 3.47. The van der Waals surface area contributed by atoms with E-state index in [1.165, 1.54) is 11.3 Å². The second-order valence-corrected chi connectivity index (χ2v) is 3.87. The van der Waals surface area contributed by atoms with E-state index in [0.717, 1.165) is 16.9 Å². The molecule has 0 atom stereocenters. The van der Waals surface area contributed by atoms with E-state index in [0.29, 0.717) is 4.88 Å². The van der Waals surface area contributed by atoms with Crippen molar-refractivity contribution in [1.82, 2.24) is 0 Å². The second-order valence-electron chi connectivity index (χ2n) is 2.70. The predicted molar refractivity (Wildman–Crippen MR) is 56.5 cm³/mol. The van der Waals surface area contributed by atoms with Crippen LogP contribution in [0.1, 0.15) is 28.9 Å². The number of rotatable bonds is 3. The minimum Gasteiger partial charge on any atom is -0.477 e. The van der Waals surface area contributed by atoms with Crippen LogP contribution in [0.3, 0.4) is 0 Å². The van der Waals surface area contributed by atoms with Crippen LogP contribution in [0, 0.1) is 0 Å². The van der Waals surface area contributed by atoms with E-state index >= 15 is 0 Å². The molecule has 0 radical (unpaired) electrons. The van der Waals surface area contributed by atoms with E-state index in [9.17, 15) is 4.79 Å². The minimum absolute atomic E-state index is 0. The molecular formula is C10H14O2S. The molecule has 1 N–H and O–H groups in total. The Bertz CT molecular complexity index is 312. The predicted octanol–water partition coefficient (Wildman–Crippen LogP) is 3.20. The summed E-state index contributed by atoms with van der Waals surface area (Å²) in [5.74, 6) is -0.854. The zero-order valence-electron chi connectivity index (χ0n) is 6.83. The van der Waals surface area contributed by atoms with Crippen molar-refractivity contribution in [3.63, 3.8) is 0 Å². The van der Waals surface area contributed by atoms with Gasteiger partial charge in [-0.3, -0.25) is 0 Å². The Kier molecular flexibility index (Phi) is 4.42. The van der Waals surface area contributed by atoms with Gasteiger partial charge in [-0.15, -0.1) is 11.3 Å². The summed E-state index contributed by atoms with van der Waals surface area (Å²) in [4.78, 5) is 11.9. The first-order chi connectivity index (χ1) is 5.59. The molecular weight excluding hydrogens is 184 g/mol.